The van der Waals surface area contributed by atoms with Crippen LogP contribution < -0.4 is 0 Å². The highest BCUT2D eigenvalue weighted by Crippen LogP contribution is 2.20. The molecule has 2 nitrogen and oxygen atoms in total. The number of hydrogen-bond acceptors (Lipinski definition) is 2. The van der Waals surface area contributed by atoms with Gasteiger partial charge >= 0.3 is 0 Å². The summed E-state index contributed by atoms with van der Waals surface area (Å²) in [5.74, 6) is -2.45. The molecule has 0 amide bonds. The number of ketones is 1. The van der Waals surface area contributed by atoms with Crippen LogP contribution in [0.15, 0.2) is 18.2 Å². The van der Waals surface area contributed by atoms with Crippen molar-refractivity contribution in [3.8, 4) is 0 Å². The summed E-state index contributed by atoms with van der Waals surface area (Å²) in [6, 6.07) is 3.63. The van der Waals surface area contributed by atoms with Crippen LogP contribution in [0.4, 0.5) is 8.78 Å². The van der Waals surface area contributed by atoms with Crippen LogP contribution in [-0.4, -0.2) is 18.5 Å². The molecule has 1 heterocycles. The van der Waals surface area contributed by atoms with Crippen molar-refractivity contribution in [2.45, 2.75) is 25.4 Å². The summed E-state index contributed by atoms with van der Waals surface area (Å²) in [5, 5.41) is 0. The van der Waals surface area contributed by atoms with Gasteiger partial charge in [-0.1, -0.05) is 6.07 Å². The van der Waals surface area contributed by atoms with Gasteiger partial charge in [0.15, 0.2) is 17.4 Å². The molecule has 1 aromatic rings. The molecule has 1 aliphatic heterocycles. The average Bonchev–Trinajstić information content (AvgIpc) is 2.74. The number of halogens is 2. The van der Waals surface area contributed by atoms with E-state index in [0.717, 1.165) is 18.9 Å². The predicted octanol–water partition coefficient (Wildman–Crippen LogP) is 2.72. The molecule has 0 bridgehead atoms. The van der Waals surface area contributed by atoms with E-state index in [1.165, 1.54) is 12.1 Å². The molecule has 16 heavy (non-hydrogen) atoms. The Morgan fingerprint density at radius 2 is 2.25 bits per heavy atom. The third-order valence-electron chi connectivity index (χ3n) is 2.69. The van der Waals surface area contributed by atoms with Crippen LogP contribution in [0, 0.1) is 11.6 Å². The maximum atomic E-state index is 13.3. The lowest BCUT2D eigenvalue weighted by Crippen LogP contribution is -2.14. The monoisotopic (exact) mass is 226 g/mol. The van der Waals surface area contributed by atoms with E-state index >= 15 is 0 Å². The summed E-state index contributed by atoms with van der Waals surface area (Å²) in [4.78, 5) is 11.7. The highest BCUT2D eigenvalue weighted by atomic mass is 19.2. The third-order valence-corrected chi connectivity index (χ3v) is 2.69. The van der Waals surface area contributed by atoms with Crippen molar-refractivity contribution in [2.24, 2.45) is 0 Å². The first kappa shape index (κ1) is 11.2. The van der Waals surface area contributed by atoms with Crippen molar-refractivity contribution in [2.75, 3.05) is 6.61 Å². The Kier molecular flexibility index (Phi) is 3.29. The van der Waals surface area contributed by atoms with Crippen LogP contribution in [0.5, 0.6) is 0 Å². The molecule has 1 aromatic carbocycles. The number of ether oxygens (including phenoxy) is 1. The Morgan fingerprint density at radius 3 is 2.94 bits per heavy atom. The van der Waals surface area contributed by atoms with Gasteiger partial charge in [-0.05, 0) is 25.0 Å². The van der Waals surface area contributed by atoms with E-state index in [0.29, 0.717) is 6.61 Å². The van der Waals surface area contributed by atoms with Crippen molar-refractivity contribution < 1.29 is 18.3 Å². The van der Waals surface area contributed by atoms with Gasteiger partial charge in [0, 0.05) is 13.0 Å². The largest absolute Gasteiger partial charge is 0.378 e. The zero-order valence-corrected chi connectivity index (χ0v) is 8.71. The number of hydrogen-bond donors (Lipinski definition) is 0. The molecule has 0 aliphatic carbocycles. The molecular weight excluding hydrogens is 214 g/mol. The lowest BCUT2D eigenvalue weighted by molar-refractivity contribution is 0.0771. The van der Waals surface area contributed by atoms with Crippen molar-refractivity contribution >= 4 is 5.78 Å². The van der Waals surface area contributed by atoms with Crippen LogP contribution in [0.25, 0.3) is 0 Å². The Morgan fingerprint density at radius 1 is 1.44 bits per heavy atom. The molecular formula is C12H12F2O2. The molecule has 1 fully saturated rings. The van der Waals surface area contributed by atoms with Gasteiger partial charge in [0.25, 0.3) is 0 Å². The quantitative estimate of drug-likeness (QED) is 0.741. The van der Waals surface area contributed by atoms with E-state index in [1.54, 1.807) is 0 Å². The molecule has 86 valence electrons. The summed E-state index contributed by atoms with van der Waals surface area (Å²) in [5.41, 5.74) is -0.185. The van der Waals surface area contributed by atoms with E-state index in [4.69, 9.17) is 4.74 Å². The minimum absolute atomic E-state index is 0.125. The second kappa shape index (κ2) is 4.70. The van der Waals surface area contributed by atoms with Crippen molar-refractivity contribution in [3.05, 3.63) is 35.4 Å². The van der Waals surface area contributed by atoms with Crippen LogP contribution in [0.1, 0.15) is 29.6 Å². The molecule has 2 rings (SSSR count). The molecule has 0 saturated carbocycles. The molecule has 1 saturated heterocycles. The van der Waals surface area contributed by atoms with Crippen LogP contribution in [0.3, 0.4) is 0 Å². The predicted molar refractivity (Wildman–Crippen MR) is 54.3 cm³/mol. The number of Topliss-reactive ketones (excluding diaryl/α,β-unsaturated/α-hetero) is 1. The van der Waals surface area contributed by atoms with Crippen LogP contribution in [-0.2, 0) is 4.74 Å². The van der Waals surface area contributed by atoms with Gasteiger partial charge < -0.3 is 4.74 Å². The highest BCUT2D eigenvalue weighted by Gasteiger charge is 2.22. The number of carbonyl (C=O) groups excluding carboxylic acids is 1. The normalized spacial score (nSPS) is 20.0. The van der Waals surface area contributed by atoms with Crippen molar-refractivity contribution in [1.29, 1.82) is 0 Å². The van der Waals surface area contributed by atoms with Gasteiger partial charge in [-0.25, -0.2) is 8.78 Å². The average molecular weight is 226 g/mol. The van der Waals surface area contributed by atoms with Gasteiger partial charge in [0.2, 0.25) is 0 Å². The summed E-state index contributed by atoms with van der Waals surface area (Å²) in [7, 11) is 0. The first-order valence-corrected chi connectivity index (χ1v) is 5.27. The SMILES string of the molecule is O=C(CC1CCCO1)c1cccc(F)c1F. The highest BCUT2D eigenvalue weighted by molar-refractivity contribution is 5.96. The molecule has 1 aliphatic rings. The first-order valence-electron chi connectivity index (χ1n) is 5.27. The molecule has 1 unspecified atom stereocenters. The van der Waals surface area contributed by atoms with Crippen LogP contribution in [0.2, 0.25) is 0 Å². The fourth-order valence-electron chi connectivity index (χ4n) is 1.84. The molecule has 1 atom stereocenters. The van der Waals surface area contributed by atoms with Gasteiger partial charge in [-0.15, -0.1) is 0 Å². The lowest BCUT2D eigenvalue weighted by Gasteiger charge is -2.08. The second-order valence-electron chi connectivity index (χ2n) is 3.86. The second-order valence-corrected chi connectivity index (χ2v) is 3.86. The van der Waals surface area contributed by atoms with Gasteiger partial charge in [-0.2, -0.15) is 0 Å². The minimum Gasteiger partial charge on any atom is -0.378 e. The Labute approximate surface area is 92.2 Å². The minimum atomic E-state index is -1.06. The van der Waals surface area contributed by atoms with Crippen molar-refractivity contribution in [1.82, 2.24) is 0 Å². The number of benzene rings is 1. The maximum Gasteiger partial charge on any atom is 0.169 e. The Balaban J connectivity index is 2.11. The topological polar surface area (TPSA) is 26.3 Å². The van der Waals surface area contributed by atoms with E-state index in [9.17, 15) is 13.6 Å². The van der Waals surface area contributed by atoms with E-state index in [2.05, 4.69) is 0 Å². The first-order chi connectivity index (χ1) is 7.68. The fourth-order valence-corrected chi connectivity index (χ4v) is 1.84. The summed E-state index contributed by atoms with van der Waals surface area (Å²) in [6.45, 7) is 0.642. The zero-order valence-electron chi connectivity index (χ0n) is 8.71. The van der Waals surface area contributed by atoms with Gasteiger partial charge in [0.1, 0.15) is 0 Å². The fraction of sp³-hybridized carbons (Fsp3) is 0.417. The van der Waals surface area contributed by atoms with Gasteiger partial charge in [0.05, 0.1) is 11.7 Å². The van der Waals surface area contributed by atoms with E-state index < -0.39 is 17.4 Å². The number of carbonyl (C=O) groups is 1. The van der Waals surface area contributed by atoms with Gasteiger partial charge in [-0.3, -0.25) is 4.79 Å². The zero-order chi connectivity index (χ0) is 11.5. The standard InChI is InChI=1S/C12H12F2O2/c13-10-5-1-4-9(12(10)14)11(15)7-8-3-2-6-16-8/h1,4-5,8H,2-3,6-7H2. The third kappa shape index (κ3) is 2.27. The summed E-state index contributed by atoms with van der Waals surface area (Å²) in [6.07, 6.45) is 1.71. The van der Waals surface area contributed by atoms with E-state index in [1.807, 2.05) is 0 Å². The van der Waals surface area contributed by atoms with Crippen LogP contribution >= 0.6 is 0 Å². The van der Waals surface area contributed by atoms with E-state index in [-0.39, 0.29) is 18.1 Å². The smallest absolute Gasteiger partial charge is 0.169 e. The van der Waals surface area contributed by atoms with Crippen molar-refractivity contribution in [3.63, 3.8) is 0 Å². The molecule has 0 aromatic heterocycles. The lowest BCUT2D eigenvalue weighted by atomic mass is 10.0. The number of rotatable bonds is 3. The molecule has 0 N–H and O–H groups in total. The molecule has 4 heteroatoms. The summed E-state index contributed by atoms with van der Waals surface area (Å²) >= 11 is 0. The summed E-state index contributed by atoms with van der Waals surface area (Å²) < 4.78 is 31.5. The Hall–Kier alpha value is -1.29. The Bertz CT molecular complexity index is 398. The molecule has 0 spiro atoms. The maximum absolute atomic E-state index is 13.3. The molecule has 0 radical (unpaired) electrons.